The molecule has 2 aromatic rings. The summed E-state index contributed by atoms with van der Waals surface area (Å²) >= 11 is 1.65. The summed E-state index contributed by atoms with van der Waals surface area (Å²) in [7, 11) is 0. The van der Waals surface area contributed by atoms with Crippen LogP contribution in [0.25, 0.3) is 11.3 Å². The van der Waals surface area contributed by atoms with Crippen molar-refractivity contribution in [3.05, 3.63) is 55.9 Å². The van der Waals surface area contributed by atoms with Crippen LogP contribution in [0.15, 0.2) is 29.1 Å². The van der Waals surface area contributed by atoms with Crippen LogP contribution in [0.1, 0.15) is 0 Å². The number of pyridine rings is 1. The number of aromatic nitrogens is 1. The van der Waals surface area contributed by atoms with E-state index in [0.29, 0.717) is 4.57 Å². The Morgan fingerprint density at radius 3 is 2.33 bits per heavy atom. The van der Waals surface area contributed by atoms with Crippen LogP contribution in [0.3, 0.4) is 0 Å². The zero-order valence-corrected chi connectivity index (χ0v) is 15.4. The average Bonchev–Trinajstić information content (AvgIpc) is 2.37. The summed E-state index contributed by atoms with van der Waals surface area (Å²) in [6.45, 7) is -0.949. The fraction of sp³-hybridized carbons (Fsp3) is 0.154. The molecule has 0 N–H and O–H groups in total. The Morgan fingerprint density at radius 2 is 1.81 bits per heavy atom. The fourth-order valence-electron chi connectivity index (χ4n) is 1.75. The van der Waals surface area contributed by atoms with Crippen molar-refractivity contribution in [3.63, 3.8) is 0 Å². The summed E-state index contributed by atoms with van der Waals surface area (Å²) in [5, 5.41) is 0. The Morgan fingerprint density at radius 1 is 1.24 bits per heavy atom. The maximum absolute atomic E-state index is 13.7. The molecular weight excluding hydrogens is 478 g/mol. The summed E-state index contributed by atoms with van der Waals surface area (Å²) < 4.78 is 53.3. The van der Waals surface area contributed by atoms with Gasteiger partial charge in [-0.1, -0.05) is 11.8 Å². The van der Waals surface area contributed by atoms with Crippen molar-refractivity contribution < 1.29 is 50.3 Å². The third kappa shape index (κ3) is 4.13. The van der Waals surface area contributed by atoms with Crippen LogP contribution in [-0.2, 0) is 39.3 Å². The van der Waals surface area contributed by atoms with Gasteiger partial charge in [0.25, 0.3) is 6.43 Å². The summed E-state index contributed by atoms with van der Waals surface area (Å²) in [6, 6.07) is 6.83. The molecule has 0 saturated carbocycles. The predicted molar refractivity (Wildman–Crippen MR) is 73.6 cm³/mol. The van der Waals surface area contributed by atoms with Gasteiger partial charge in [-0.05, 0) is 21.3 Å². The number of hydrogen-bond acceptors (Lipinski definition) is 1. The second kappa shape index (κ2) is 7.83. The number of nitrogens with zero attached hydrogens (tertiary/aromatic N) is 1. The largest absolute Gasteiger partial charge is 0.336 e. The minimum atomic E-state index is -2.83. The molecule has 0 spiro atoms. The Labute approximate surface area is 156 Å². The second-order valence-electron chi connectivity index (χ2n) is 3.89. The van der Waals surface area contributed by atoms with Crippen molar-refractivity contribution in [2.24, 2.45) is 0 Å². The molecular formula is C13H7F4INOY-. The van der Waals surface area contributed by atoms with E-state index >= 15 is 0 Å². The van der Waals surface area contributed by atoms with Gasteiger partial charge < -0.3 is 4.57 Å². The molecule has 0 saturated heterocycles. The van der Waals surface area contributed by atoms with E-state index in [2.05, 4.69) is 6.07 Å². The van der Waals surface area contributed by atoms with Gasteiger partial charge >= 0.3 is 0 Å². The van der Waals surface area contributed by atoms with Gasteiger partial charge in [-0.2, -0.15) is 12.1 Å². The zero-order valence-electron chi connectivity index (χ0n) is 10.4. The molecule has 1 aromatic heterocycles. The first-order valence-electron chi connectivity index (χ1n) is 5.45. The number of rotatable bonds is 3. The van der Waals surface area contributed by atoms with Crippen LogP contribution in [0, 0.1) is 21.3 Å². The third-order valence-electron chi connectivity index (χ3n) is 2.58. The smallest absolute Gasteiger partial charge is 0.256 e. The van der Waals surface area contributed by atoms with Crippen LogP contribution in [0.5, 0.6) is 0 Å². The molecule has 0 atom stereocenters. The normalized spacial score (nSPS) is 10.6. The summed E-state index contributed by atoms with van der Waals surface area (Å²) in [4.78, 5) is 11.9. The van der Waals surface area contributed by atoms with E-state index in [1.165, 1.54) is 6.07 Å². The van der Waals surface area contributed by atoms with Crippen molar-refractivity contribution in [2.45, 2.75) is 13.0 Å². The monoisotopic (exact) mass is 485 g/mol. The van der Waals surface area contributed by atoms with Gasteiger partial charge in [0.1, 0.15) is 0 Å². The molecule has 1 radical (unpaired) electrons. The molecule has 0 fully saturated rings. The third-order valence-corrected chi connectivity index (χ3v) is 3.35. The Bertz CT molecular complexity index is 685. The first kappa shape index (κ1) is 18.8. The average molecular weight is 485 g/mol. The topological polar surface area (TPSA) is 22.0 Å². The quantitative estimate of drug-likeness (QED) is 0.371. The van der Waals surface area contributed by atoms with E-state index in [1.807, 2.05) is 0 Å². The Kier molecular flexibility index (Phi) is 7.00. The Balaban J connectivity index is 0.00000220. The molecule has 109 valence electrons. The second-order valence-corrected chi connectivity index (χ2v) is 5.05. The van der Waals surface area contributed by atoms with Gasteiger partial charge in [0.15, 0.2) is 0 Å². The van der Waals surface area contributed by atoms with Gasteiger partial charge in [-0.3, -0.25) is 4.79 Å². The number of hydrogen-bond donors (Lipinski definition) is 0. The Hall–Kier alpha value is -0.276. The molecule has 21 heavy (non-hydrogen) atoms. The van der Waals surface area contributed by atoms with Gasteiger partial charge in [0.2, 0.25) is 5.56 Å². The molecule has 0 bridgehead atoms. The first-order chi connectivity index (χ1) is 9.41. The maximum Gasteiger partial charge on any atom is 0.256 e. The van der Waals surface area contributed by atoms with E-state index in [4.69, 9.17) is 0 Å². The van der Waals surface area contributed by atoms with Gasteiger partial charge in [-0.25, -0.2) is 17.6 Å². The van der Waals surface area contributed by atoms with Crippen molar-refractivity contribution >= 4 is 22.6 Å². The molecule has 2 nitrogen and oxygen atoms in total. The summed E-state index contributed by atoms with van der Waals surface area (Å²) in [5.74, 6) is -1.88. The molecule has 0 unspecified atom stereocenters. The summed E-state index contributed by atoms with van der Waals surface area (Å²) in [6.07, 6.45) is -2.83. The minimum Gasteiger partial charge on any atom is -0.336 e. The maximum atomic E-state index is 13.7. The van der Waals surface area contributed by atoms with E-state index in [1.54, 1.807) is 22.6 Å². The van der Waals surface area contributed by atoms with Crippen molar-refractivity contribution in [1.29, 1.82) is 0 Å². The molecule has 1 heterocycles. The standard InChI is InChI=1S/C13H7F4INO.Y/c14-7-2-1-3-8(15)12(7)10-5-4-9(18)13(20)19(10)6-11(16)17;/h1-4,11H,6H2;/q-1;. The minimum absolute atomic E-state index is 0. The van der Waals surface area contributed by atoms with Crippen molar-refractivity contribution in [3.8, 4) is 11.3 Å². The van der Waals surface area contributed by atoms with E-state index in [9.17, 15) is 22.4 Å². The number of alkyl halides is 2. The summed E-state index contributed by atoms with van der Waals surface area (Å²) in [5.41, 5.74) is -1.60. The van der Waals surface area contributed by atoms with Gasteiger partial charge in [-0.15, -0.1) is 22.6 Å². The molecule has 8 heteroatoms. The van der Waals surface area contributed by atoms with Crippen LogP contribution >= 0.6 is 22.6 Å². The predicted octanol–water partition coefficient (Wildman–Crippen LogP) is 3.46. The molecule has 0 aliphatic carbocycles. The first-order valence-corrected chi connectivity index (χ1v) is 6.53. The van der Waals surface area contributed by atoms with Crippen LogP contribution in [-0.4, -0.2) is 11.0 Å². The fourth-order valence-corrected chi connectivity index (χ4v) is 2.19. The van der Waals surface area contributed by atoms with E-state index < -0.39 is 35.7 Å². The SMILES string of the molecule is O=c1c(I)c[c-]c(-c2c(F)cccc2F)n1CC(F)F.[Y]. The number of benzene rings is 1. The molecule has 0 amide bonds. The van der Waals surface area contributed by atoms with Crippen LogP contribution in [0.4, 0.5) is 17.6 Å². The van der Waals surface area contributed by atoms with E-state index in [-0.39, 0.29) is 42.0 Å². The van der Waals surface area contributed by atoms with Gasteiger partial charge in [0, 0.05) is 32.7 Å². The van der Waals surface area contributed by atoms with Crippen molar-refractivity contribution in [2.75, 3.05) is 0 Å². The van der Waals surface area contributed by atoms with Gasteiger partial charge in [0.05, 0.1) is 18.2 Å². The van der Waals surface area contributed by atoms with Crippen molar-refractivity contribution in [1.82, 2.24) is 4.57 Å². The number of halogens is 5. The molecule has 2 rings (SSSR count). The van der Waals surface area contributed by atoms with Crippen LogP contribution < -0.4 is 5.56 Å². The molecule has 1 aromatic carbocycles. The zero-order chi connectivity index (χ0) is 14.9. The molecule has 0 aliphatic rings. The van der Waals surface area contributed by atoms with Crippen LogP contribution in [0.2, 0.25) is 0 Å². The van der Waals surface area contributed by atoms with E-state index in [0.717, 1.165) is 18.2 Å². The molecule has 0 aliphatic heterocycles.